The summed E-state index contributed by atoms with van der Waals surface area (Å²) in [5.74, 6) is 1.39. The second kappa shape index (κ2) is 18.9. The molecule has 0 amide bonds. The number of nitrogens with zero attached hydrogens (tertiary/aromatic N) is 2. The van der Waals surface area contributed by atoms with E-state index in [1.54, 1.807) is 66.7 Å². The Morgan fingerprint density at radius 3 is 1.36 bits per heavy atom. The highest BCUT2D eigenvalue weighted by molar-refractivity contribution is 7.93. The van der Waals surface area contributed by atoms with Crippen molar-refractivity contribution < 1.29 is 30.4 Å². The molecule has 0 spiro atoms. The van der Waals surface area contributed by atoms with Crippen molar-refractivity contribution in [3.05, 3.63) is 196 Å². The first kappa shape index (κ1) is 42.7. The highest BCUT2D eigenvalue weighted by Gasteiger charge is 2.24. The Hall–Kier alpha value is -6.38. The normalized spacial score (nSPS) is 11.3. The minimum atomic E-state index is -3.87. The topological polar surface area (TPSA) is 154 Å². The van der Waals surface area contributed by atoms with E-state index in [-0.39, 0.29) is 21.6 Å². The predicted molar refractivity (Wildman–Crippen MR) is 238 cm³/mol. The summed E-state index contributed by atoms with van der Waals surface area (Å²) in [4.78, 5) is 9.41. The number of rotatable bonds is 13. The first-order valence-electron chi connectivity index (χ1n) is 18.7. The van der Waals surface area contributed by atoms with Crippen molar-refractivity contribution in [3.8, 4) is 28.3 Å². The van der Waals surface area contributed by atoms with E-state index in [4.69, 9.17) is 36.8 Å². The first-order valence-corrected chi connectivity index (χ1v) is 22.4. The second-order valence-electron chi connectivity index (χ2n) is 13.5. The molecular formula is C46H38Cl2N4O7S2. The lowest BCUT2D eigenvalue weighted by Crippen LogP contribution is -2.13. The second-order valence-corrected chi connectivity index (χ2v) is 17.7. The van der Waals surface area contributed by atoms with Gasteiger partial charge in [0, 0.05) is 29.0 Å². The average molecular weight is 894 g/mol. The van der Waals surface area contributed by atoms with Gasteiger partial charge in [0.15, 0.2) is 0 Å². The molecule has 8 rings (SSSR count). The number of hydrogen-bond donors (Lipinski definition) is 2. The van der Waals surface area contributed by atoms with E-state index in [0.29, 0.717) is 62.9 Å². The van der Waals surface area contributed by atoms with Crippen LogP contribution in [0, 0.1) is 6.92 Å². The lowest BCUT2D eigenvalue weighted by atomic mass is 10.1. The molecule has 0 aliphatic heterocycles. The van der Waals surface area contributed by atoms with Crippen molar-refractivity contribution >= 4 is 55.0 Å². The molecule has 0 radical (unpaired) electrons. The van der Waals surface area contributed by atoms with Gasteiger partial charge in [-0.15, -0.1) is 0 Å². The van der Waals surface area contributed by atoms with E-state index < -0.39 is 20.0 Å². The Morgan fingerprint density at radius 1 is 0.541 bits per heavy atom. The summed E-state index contributed by atoms with van der Waals surface area (Å²) < 4.78 is 73.5. The Bertz CT molecular complexity index is 2970. The summed E-state index contributed by atoms with van der Waals surface area (Å²) >= 11 is 12.4. The molecule has 0 unspecified atom stereocenters. The molecule has 8 aromatic rings. The van der Waals surface area contributed by atoms with Gasteiger partial charge in [-0.25, -0.2) is 36.2 Å². The molecule has 2 N–H and O–H groups in total. The SMILES string of the molecule is COc1ccc(-c2nc(Cc3ccccc3)oc2NS(=O)(=O)c2ccccc2)cc1Cl.Cc1cc(-c2nc(Cc3ccccc3)oc2NS(=O)(=O)c2ccccc2)ccc1Cl. The molecule has 0 fully saturated rings. The summed E-state index contributed by atoms with van der Waals surface area (Å²) in [5, 5.41) is 1.00. The molecule has 0 saturated heterocycles. The Balaban J connectivity index is 0.000000184. The summed E-state index contributed by atoms with van der Waals surface area (Å²) in [6, 6.07) is 46.1. The van der Waals surface area contributed by atoms with E-state index >= 15 is 0 Å². The Morgan fingerprint density at radius 2 is 0.951 bits per heavy atom. The van der Waals surface area contributed by atoms with Gasteiger partial charge < -0.3 is 13.6 Å². The standard InChI is InChI=1S/C23H19ClN2O4S.C23H19ClN2O3S/c1-29-20-13-12-17(15-19(20)24)22-23(26-31(27,28)18-10-6-3-7-11-18)30-21(25-22)14-16-8-4-2-5-9-16;1-16-14-18(12-13-20(16)24)22-23(26-30(27,28)19-10-6-3-7-11-19)29-21(25-22)15-17-8-4-2-5-9-17/h2-13,15,26H,14H2,1H3;2-14,26H,15H2,1H3. The van der Waals surface area contributed by atoms with Crippen LogP contribution in [0.5, 0.6) is 5.75 Å². The van der Waals surface area contributed by atoms with Crippen molar-refractivity contribution in [1.82, 2.24) is 9.97 Å². The molecule has 6 aromatic carbocycles. The monoisotopic (exact) mass is 892 g/mol. The molecule has 61 heavy (non-hydrogen) atoms. The predicted octanol–water partition coefficient (Wildman–Crippen LogP) is 11.1. The number of aryl methyl sites for hydroxylation is 1. The van der Waals surface area contributed by atoms with Gasteiger partial charge in [0.05, 0.1) is 21.9 Å². The minimum Gasteiger partial charge on any atom is -0.495 e. The third kappa shape index (κ3) is 10.7. The lowest BCUT2D eigenvalue weighted by molar-refractivity contribution is 0.415. The third-order valence-corrected chi connectivity index (χ3v) is 12.6. The molecule has 2 heterocycles. The molecule has 0 saturated carbocycles. The van der Waals surface area contributed by atoms with Gasteiger partial charge in [0.25, 0.3) is 20.0 Å². The van der Waals surface area contributed by atoms with Crippen LogP contribution in [0.3, 0.4) is 0 Å². The number of nitrogens with one attached hydrogen (secondary N) is 2. The van der Waals surface area contributed by atoms with Gasteiger partial charge in [0.2, 0.25) is 23.5 Å². The van der Waals surface area contributed by atoms with Gasteiger partial charge in [-0.3, -0.25) is 0 Å². The molecule has 310 valence electrons. The number of methoxy groups -OCH3 is 1. The lowest BCUT2D eigenvalue weighted by Gasteiger charge is -2.08. The van der Waals surface area contributed by atoms with Gasteiger partial charge in [-0.05, 0) is 78.2 Å². The minimum absolute atomic E-state index is 0.0241. The van der Waals surface area contributed by atoms with E-state index in [2.05, 4.69) is 19.4 Å². The molecule has 0 atom stereocenters. The zero-order valence-corrected chi connectivity index (χ0v) is 35.9. The fraction of sp³-hybridized carbons (Fsp3) is 0.0870. The third-order valence-electron chi connectivity index (χ3n) is 9.16. The van der Waals surface area contributed by atoms with Crippen LogP contribution in [-0.4, -0.2) is 33.9 Å². The number of sulfonamides is 2. The van der Waals surface area contributed by atoms with Crippen molar-refractivity contribution in [2.75, 3.05) is 16.6 Å². The Kier molecular flexibility index (Phi) is 13.2. The van der Waals surface area contributed by atoms with Gasteiger partial charge in [0.1, 0.15) is 17.1 Å². The number of ether oxygens (including phenoxy) is 1. The smallest absolute Gasteiger partial charge is 0.264 e. The number of aromatic nitrogens is 2. The van der Waals surface area contributed by atoms with Crippen LogP contribution in [0.4, 0.5) is 11.8 Å². The molecule has 0 aliphatic carbocycles. The first-order chi connectivity index (χ1) is 29.4. The van der Waals surface area contributed by atoms with Gasteiger partial charge in [-0.1, -0.05) is 126 Å². The van der Waals surface area contributed by atoms with Gasteiger partial charge in [-0.2, -0.15) is 0 Å². The van der Waals surface area contributed by atoms with E-state index in [1.165, 1.54) is 31.4 Å². The quantitative estimate of drug-likeness (QED) is 0.115. The maximum atomic E-state index is 12.9. The molecule has 11 nitrogen and oxygen atoms in total. The number of hydrogen-bond acceptors (Lipinski definition) is 9. The van der Waals surface area contributed by atoms with Crippen molar-refractivity contribution in [2.45, 2.75) is 29.6 Å². The van der Waals surface area contributed by atoms with Crippen molar-refractivity contribution in [2.24, 2.45) is 0 Å². The van der Waals surface area contributed by atoms with Crippen LogP contribution < -0.4 is 14.2 Å². The van der Waals surface area contributed by atoms with Crippen LogP contribution in [-0.2, 0) is 32.9 Å². The van der Waals surface area contributed by atoms with Crippen LogP contribution in [0.15, 0.2) is 176 Å². The molecule has 15 heteroatoms. The fourth-order valence-corrected chi connectivity index (χ4v) is 8.52. The molecule has 2 aromatic heterocycles. The highest BCUT2D eigenvalue weighted by Crippen LogP contribution is 2.36. The summed E-state index contributed by atoms with van der Waals surface area (Å²) in [5.41, 5.74) is 4.93. The number of benzene rings is 6. The van der Waals surface area contributed by atoms with Crippen LogP contribution in [0.25, 0.3) is 22.5 Å². The van der Waals surface area contributed by atoms with Gasteiger partial charge >= 0.3 is 0 Å². The maximum absolute atomic E-state index is 12.9. The zero-order valence-electron chi connectivity index (χ0n) is 32.7. The van der Waals surface area contributed by atoms with Crippen molar-refractivity contribution in [1.29, 1.82) is 0 Å². The number of anilines is 2. The van der Waals surface area contributed by atoms with E-state index in [9.17, 15) is 16.8 Å². The highest BCUT2D eigenvalue weighted by atomic mass is 35.5. The van der Waals surface area contributed by atoms with Crippen LogP contribution in [0.2, 0.25) is 10.0 Å². The molecule has 0 bridgehead atoms. The summed E-state index contributed by atoms with van der Waals surface area (Å²) in [6.07, 6.45) is 0.846. The van der Waals surface area contributed by atoms with E-state index in [1.807, 2.05) is 73.7 Å². The van der Waals surface area contributed by atoms with Crippen molar-refractivity contribution in [3.63, 3.8) is 0 Å². The van der Waals surface area contributed by atoms with Crippen LogP contribution in [0.1, 0.15) is 28.5 Å². The largest absolute Gasteiger partial charge is 0.495 e. The van der Waals surface area contributed by atoms with E-state index in [0.717, 1.165) is 16.7 Å². The zero-order chi connectivity index (χ0) is 43.0. The summed E-state index contributed by atoms with van der Waals surface area (Å²) in [7, 11) is -6.18. The average Bonchev–Trinajstić information content (AvgIpc) is 3.85. The maximum Gasteiger partial charge on any atom is 0.264 e. The summed E-state index contributed by atoms with van der Waals surface area (Å²) in [6.45, 7) is 1.88. The fourth-order valence-electron chi connectivity index (χ4n) is 6.12. The number of halogens is 2. The van der Waals surface area contributed by atoms with Crippen LogP contribution >= 0.6 is 23.2 Å². The number of oxazole rings is 2. The molecular weight excluding hydrogens is 856 g/mol. The molecule has 0 aliphatic rings. The Labute approximate surface area is 364 Å².